The van der Waals surface area contributed by atoms with Crippen LogP contribution in [0.15, 0.2) is 42.5 Å². The molecule has 0 aliphatic heterocycles. The average Bonchev–Trinajstić information content (AvgIpc) is 3.27. The van der Waals surface area contributed by atoms with Gasteiger partial charge in [0.1, 0.15) is 11.5 Å². The SMILES string of the molecule is Cc1cc(Nc2nc(C(F)(F)c3ccc(F)cc3)nc3ccc(CO)n23)n[nH]1. The molecule has 3 heterocycles. The Bertz CT molecular complexity index is 1140. The zero-order valence-electron chi connectivity index (χ0n) is 14.6. The molecule has 0 fully saturated rings. The summed E-state index contributed by atoms with van der Waals surface area (Å²) in [6.07, 6.45) is 0. The first-order chi connectivity index (χ1) is 13.4. The quantitative estimate of drug-likeness (QED) is 0.488. The van der Waals surface area contributed by atoms with Gasteiger partial charge in [0, 0.05) is 17.3 Å². The van der Waals surface area contributed by atoms with Gasteiger partial charge in [-0.2, -0.15) is 18.9 Å². The molecule has 10 heteroatoms. The number of aromatic nitrogens is 5. The van der Waals surface area contributed by atoms with Gasteiger partial charge in [-0.3, -0.25) is 9.50 Å². The molecule has 0 amide bonds. The van der Waals surface area contributed by atoms with E-state index >= 15 is 8.78 Å². The fourth-order valence-electron chi connectivity index (χ4n) is 2.82. The summed E-state index contributed by atoms with van der Waals surface area (Å²) < 4.78 is 44.5. The standard InChI is InChI=1S/C18H15F3N6O/c1-10-8-14(26-25-10)22-17-24-16(23-15-7-6-13(9-28)27(15)17)18(20,21)11-2-4-12(19)5-3-11/h2-8,28H,9H2,1H3,(H2,22,23,24,25,26). The number of hydrogen-bond acceptors (Lipinski definition) is 5. The van der Waals surface area contributed by atoms with Gasteiger partial charge in [-0.05, 0) is 43.3 Å². The van der Waals surface area contributed by atoms with Gasteiger partial charge >= 0.3 is 5.92 Å². The highest BCUT2D eigenvalue weighted by Crippen LogP contribution is 2.35. The van der Waals surface area contributed by atoms with Crippen molar-refractivity contribution >= 4 is 17.4 Å². The molecule has 0 saturated carbocycles. The summed E-state index contributed by atoms with van der Waals surface area (Å²) in [7, 11) is 0. The van der Waals surface area contributed by atoms with E-state index < -0.39 is 23.1 Å². The molecule has 0 unspecified atom stereocenters. The Balaban J connectivity index is 1.86. The number of H-pyrrole nitrogens is 1. The van der Waals surface area contributed by atoms with Crippen LogP contribution in [0.5, 0.6) is 0 Å². The Morgan fingerprint density at radius 3 is 2.54 bits per heavy atom. The summed E-state index contributed by atoms with van der Waals surface area (Å²) in [5.74, 6) is -4.56. The van der Waals surface area contributed by atoms with Crippen LogP contribution in [0, 0.1) is 12.7 Å². The third-order valence-corrected chi connectivity index (χ3v) is 4.18. The van der Waals surface area contributed by atoms with Crippen LogP contribution in [0.25, 0.3) is 5.65 Å². The van der Waals surface area contributed by atoms with Crippen LogP contribution in [0.2, 0.25) is 0 Å². The first-order valence-corrected chi connectivity index (χ1v) is 8.31. The molecule has 0 aliphatic carbocycles. The molecule has 144 valence electrons. The van der Waals surface area contributed by atoms with Gasteiger partial charge in [0.2, 0.25) is 11.8 Å². The van der Waals surface area contributed by atoms with E-state index in [9.17, 15) is 9.50 Å². The molecule has 0 saturated heterocycles. The van der Waals surface area contributed by atoms with Crippen LogP contribution in [0.4, 0.5) is 24.9 Å². The van der Waals surface area contributed by atoms with Gasteiger partial charge in [-0.25, -0.2) is 9.37 Å². The summed E-state index contributed by atoms with van der Waals surface area (Å²) in [5, 5.41) is 19.2. The average molecular weight is 388 g/mol. The minimum atomic E-state index is -3.56. The lowest BCUT2D eigenvalue weighted by molar-refractivity contribution is 0.0330. The van der Waals surface area contributed by atoms with Crippen molar-refractivity contribution < 1.29 is 18.3 Å². The van der Waals surface area contributed by atoms with Crippen molar-refractivity contribution in [2.75, 3.05) is 5.32 Å². The number of anilines is 2. The number of nitrogens with zero attached hydrogens (tertiary/aromatic N) is 4. The van der Waals surface area contributed by atoms with Crippen LogP contribution in [-0.2, 0) is 12.5 Å². The predicted octanol–water partition coefficient (Wildman–Crippen LogP) is 3.28. The van der Waals surface area contributed by atoms with E-state index in [4.69, 9.17) is 0 Å². The zero-order chi connectivity index (χ0) is 19.9. The number of fused-ring (bicyclic) bond motifs is 1. The topological polar surface area (TPSA) is 91.1 Å². The Kier molecular flexibility index (Phi) is 4.27. The predicted molar refractivity (Wildman–Crippen MR) is 94.9 cm³/mol. The van der Waals surface area contributed by atoms with Crippen molar-refractivity contribution in [1.29, 1.82) is 0 Å². The molecule has 4 rings (SSSR count). The van der Waals surface area contributed by atoms with E-state index in [1.165, 1.54) is 10.5 Å². The van der Waals surface area contributed by atoms with E-state index in [2.05, 4.69) is 25.5 Å². The van der Waals surface area contributed by atoms with Crippen molar-refractivity contribution in [2.45, 2.75) is 19.5 Å². The number of aliphatic hydroxyl groups is 1. The third kappa shape index (κ3) is 3.07. The molecular weight excluding hydrogens is 373 g/mol. The summed E-state index contributed by atoms with van der Waals surface area (Å²) in [5.41, 5.74) is 0.917. The van der Waals surface area contributed by atoms with Gasteiger partial charge < -0.3 is 10.4 Å². The van der Waals surface area contributed by atoms with Crippen LogP contribution in [0.1, 0.15) is 22.8 Å². The number of aryl methyl sites for hydroxylation is 1. The van der Waals surface area contributed by atoms with Gasteiger partial charge in [0.25, 0.3) is 0 Å². The number of nitrogens with one attached hydrogen (secondary N) is 2. The van der Waals surface area contributed by atoms with E-state index in [1.54, 1.807) is 19.1 Å². The lowest BCUT2D eigenvalue weighted by atomic mass is 10.1. The molecule has 0 radical (unpaired) electrons. The van der Waals surface area contributed by atoms with Gasteiger partial charge in [0.15, 0.2) is 5.82 Å². The molecular formula is C18H15F3N6O. The van der Waals surface area contributed by atoms with Crippen LogP contribution >= 0.6 is 0 Å². The van der Waals surface area contributed by atoms with Crippen LogP contribution in [0.3, 0.4) is 0 Å². The number of halogens is 3. The van der Waals surface area contributed by atoms with E-state index in [-0.39, 0.29) is 18.2 Å². The Hall–Kier alpha value is -3.40. The summed E-state index contributed by atoms with van der Waals surface area (Å²) in [6.45, 7) is 1.45. The highest BCUT2D eigenvalue weighted by Gasteiger charge is 2.38. The zero-order valence-corrected chi connectivity index (χ0v) is 14.6. The fourth-order valence-corrected chi connectivity index (χ4v) is 2.82. The maximum atomic E-state index is 15.0. The van der Waals surface area contributed by atoms with Crippen molar-refractivity contribution in [3.05, 3.63) is 71.1 Å². The van der Waals surface area contributed by atoms with Crippen LogP contribution < -0.4 is 5.32 Å². The smallest absolute Gasteiger partial charge is 0.331 e. The molecule has 0 atom stereocenters. The molecule has 3 N–H and O–H groups in total. The van der Waals surface area contributed by atoms with E-state index in [0.29, 0.717) is 11.5 Å². The Morgan fingerprint density at radius 1 is 1.14 bits per heavy atom. The largest absolute Gasteiger partial charge is 0.390 e. The first kappa shape index (κ1) is 18.0. The molecule has 0 aliphatic rings. The second kappa shape index (κ2) is 6.64. The van der Waals surface area contributed by atoms with Gasteiger partial charge in [-0.1, -0.05) is 0 Å². The lowest BCUT2D eigenvalue weighted by Crippen LogP contribution is -2.21. The molecule has 0 spiro atoms. The maximum absolute atomic E-state index is 15.0. The lowest BCUT2D eigenvalue weighted by Gasteiger charge is -2.17. The monoisotopic (exact) mass is 388 g/mol. The van der Waals surface area contributed by atoms with E-state index in [1.807, 2.05) is 0 Å². The number of rotatable bonds is 5. The minimum absolute atomic E-state index is 0.0161. The third-order valence-electron chi connectivity index (χ3n) is 4.18. The van der Waals surface area contributed by atoms with Crippen molar-refractivity contribution in [3.8, 4) is 0 Å². The van der Waals surface area contributed by atoms with Crippen molar-refractivity contribution in [3.63, 3.8) is 0 Å². The Morgan fingerprint density at radius 2 is 1.89 bits per heavy atom. The highest BCUT2D eigenvalue weighted by molar-refractivity contribution is 5.56. The normalized spacial score (nSPS) is 11.9. The molecule has 3 aromatic heterocycles. The van der Waals surface area contributed by atoms with Gasteiger partial charge in [-0.15, -0.1) is 0 Å². The molecule has 0 bridgehead atoms. The summed E-state index contributed by atoms with van der Waals surface area (Å²) in [6, 6.07) is 8.62. The minimum Gasteiger partial charge on any atom is -0.390 e. The highest BCUT2D eigenvalue weighted by atomic mass is 19.3. The van der Waals surface area contributed by atoms with Crippen molar-refractivity contribution in [1.82, 2.24) is 24.6 Å². The first-order valence-electron chi connectivity index (χ1n) is 8.31. The number of aliphatic hydroxyl groups excluding tert-OH is 1. The number of aromatic amines is 1. The molecule has 28 heavy (non-hydrogen) atoms. The number of alkyl halides is 2. The maximum Gasteiger partial charge on any atom is 0.331 e. The van der Waals surface area contributed by atoms with Gasteiger partial charge in [0.05, 0.1) is 12.3 Å². The Labute approximate surface area is 156 Å². The van der Waals surface area contributed by atoms with Crippen molar-refractivity contribution in [2.24, 2.45) is 0 Å². The summed E-state index contributed by atoms with van der Waals surface area (Å²) >= 11 is 0. The molecule has 7 nitrogen and oxygen atoms in total. The van der Waals surface area contributed by atoms with E-state index in [0.717, 1.165) is 30.0 Å². The molecule has 4 aromatic rings. The molecule has 1 aromatic carbocycles. The second-order valence-corrected chi connectivity index (χ2v) is 6.19. The van der Waals surface area contributed by atoms with Crippen LogP contribution in [-0.4, -0.2) is 29.7 Å². The fraction of sp³-hybridized carbons (Fsp3) is 0.167. The summed E-state index contributed by atoms with van der Waals surface area (Å²) in [4.78, 5) is 7.94. The second-order valence-electron chi connectivity index (χ2n) is 6.19. The number of benzene rings is 1. The number of hydrogen-bond donors (Lipinski definition) is 3.